The standard InChI is InChI=1S/C20H24N4/c1-23(2)17-9-7-15(8-10-17)13-24-12-11-16(14-24)20-21-18-5-3-4-6-19(18)22-20/h3-10,16H,11-14H2,1-2H3,(H,21,22). The molecule has 3 aromatic rings. The molecule has 1 aromatic heterocycles. The monoisotopic (exact) mass is 320 g/mol. The molecule has 1 aliphatic rings. The Balaban J connectivity index is 1.42. The Hall–Kier alpha value is -2.33. The van der Waals surface area contributed by atoms with Gasteiger partial charge < -0.3 is 9.88 Å². The van der Waals surface area contributed by atoms with Gasteiger partial charge in [-0.15, -0.1) is 0 Å². The zero-order valence-electron chi connectivity index (χ0n) is 14.4. The first-order chi connectivity index (χ1) is 11.7. The number of aromatic nitrogens is 2. The van der Waals surface area contributed by atoms with Crippen molar-refractivity contribution in [2.75, 3.05) is 32.1 Å². The molecule has 2 heterocycles. The number of fused-ring (bicyclic) bond motifs is 1. The van der Waals surface area contributed by atoms with Gasteiger partial charge in [-0.2, -0.15) is 0 Å². The molecule has 0 saturated carbocycles. The molecule has 0 aliphatic carbocycles. The van der Waals surface area contributed by atoms with E-state index in [-0.39, 0.29) is 0 Å². The van der Waals surface area contributed by atoms with Crippen LogP contribution in [0, 0.1) is 0 Å². The number of nitrogens with one attached hydrogen (secondary N) is 1. The van der Waals surface area contributed by atoms with Crippen molar-refractivity contribution in [1.82, 2.24) is 14.9 Å². The largest absolute Gasteiger partial charge is 0.378 e. The lowest BCUT2D eigenvalue weighted by atomic mass is 10.1. The zero-order valence-corrected chi connectivity index (χ0v) is 14.4. The van der Waals surface area contributed by atoms with Crippen LogP contribution in [0.4, 0.5) is 5.69 Å². The molecule has 1 N–H and O–H groups in total. The number of hydrogen-bond acceptors (Lipinski definition) is 3. The average Bonchev–Trinajstić information content (AvgIpc) is 3.21. The zero-order chi connectivity index (χ0) is 16.5. The van der Waals surface area contributed by atoms with Crippen molar-refractivity contribution in [3.63, 3.8) is 0 Å². The van der Waals surface area contributed by atoms with Crippen LogP contribution in [0.1, 0.15) is 23.7 Å². The van der Waals surface area contributed by atoms with E-state index in [4.69, 9.17) is 4.98 Å². The Morgan fingerprint density at radius 2 is 1.92 bits per heavy atom. The van der Waals surface area contributed by atoms with E-state index in [1.807, 2.05) is 6.07 Å². The van der Waals surface area contributed by atoms with Crippen LogP contribution in [0.25, 0.3) is 11.0 Å². The molecule has 4 heteroatoms. The number of para-hydroxylation sites is 2. The molecule has 4 rings (SSSR count). The van der Waals surface area contributed by atoms with Crippen molar-refractivity contribution < 1.29 is 0 Å². The summed E-state index contributed by atoms with van der Waals surface area (Å²) in [5, 5.41) is 0. The second kappa shape index (κ2) is 6.29. The van der Waals surface area contributed by atoms with Crippen LogP contribution in [-0.4, -0.2) is 42.1 Å². The highest BCUT2D eigenvalue weighted by Gasteiger charge is 2.26. The third-order valence-corrected chi connectivity index (χ3v) is 4.93. The minimum atomic E-state index is 0.512. The Morgan fingerprint density at radius 1 is 1.12 bits per heavy atom. The van der Waals surface area contributed by atoms with E-state index in [1.165, 1.54) is 17.7 Å². The lowest BCUT2D eigenvalue weighted by Crippen LogP contribution is -2.20. The molecule has 0 amide bonds. The quantitative estimate of drug-likeness (QED) is 0.797. The fraction of sp³-hybridized carbons (Fsp3) is 0.350. The first kappa shape index (κ1) is 15.2. The summed E-state index contributed by atoms with van der Waals surface area (Å²) in [4.78, 5) is 12.9. The number of benzene rings is 2. The molecular weight excluding hydrogens is 296 g/mol. The third-order valence-electron chi connectivity index (χ3n) is 4.93. The van der Waals surface area contributed by atoms with Gasteiger partial charge in [-0.3, -0.25) is 4.90 Å². The van der Waals surface area contributed by atoms with Gasteiger partial charge in [-0.05, 0) is 42.8 Å². The van der Waals surface area contributed by atoms with Crippen molar-refractivity contribution in [2.24, 2.45) is 0 Å². The van der Waals surface area contributed by atoms with E-state index in [0.717, 1.165) is 36.5 Å². The Bertz CT molecular complexity index is 786. The Morgan fingerprint density at radius 3 is 2.67 bits per heavy atom. The van der Waals surface area contributed by atoms with E-state index in [9.17, 15) is 0 Å². The molecule has 124 valence electrons. The summed E-state index contributed by atoms with van der Waals surface area (Å²) in [5.41, 5.74) is 4.85. The minimum Gasteiger partial charge on any atom is -0.378 e. The van der Waals surface area contributed by atoms with Crippen LogP contribution in [0.5, 0.6) is 0 Å². The first-order valence-corrected chi connectivity index (χ1v) is 8.62. The number of hydrogen-bond donors (Lipinski definition) is 1. The highest BCUT2D eigenvalue weighted by molar-refractivity contribution is 5.74. The average molecular weight is 320 g/mol. The van der Waals surface area contributed by atoms with Gasteiger partial charge in [-0.1, -0.05) is 24.3 Å². The van der Waals surface area contributed by atoms with E-state index in [2.05, 4.69) is 71.3 Å². The maximum atomic E-state index is 4.78. The van der Waals surface area contributed by atoms with Crippen LogP contribution in [-0.2, 0) is 6.54 Å². The van der Waals surface area contributed by atoms with Gasteiger partial charge in [0.1, 0.15) is 5.82 Å². The summed E-state index contributed by atoms with van der Waals surface area (Å²) in [5.74, 6) is 1.65. The molecular formula is C20H24N4. The summed E-state index contributed by atoms with van der Waals surface area (Å²) in [6.07, 6.45) is 1.18. The van der Waals surface area contributed by atoms with Gasteiger partial charge >= 0.3 is 0 Å². The number of aromatic amines is 1. The number of anilines is 1. The second-order valence-electron chi connectivity index (χ2n) is 6.92. The molecule has 1 fully saturated rings. The van der Waals surface area contributed by atoms with E-state index in [1.54, 1.807) is 0 Å². The van der Waals surface area contributed by atoms with Crippen LogP contribution in [0.15, 0.2) is 48.5 Å². The molecule has 24 heavy (non-hydrogen) atoms. The Kier molecular flexibility index (Phi) is 3.98. The van der Waals surface area contributed by atoms with E-state index < -0.39 is 0 Å². The Labute approximate surface area is 143 Å². The van der Waals surface area contributed by atoms with Crippen molar-refractivity contribution in [3.05, 3.63) is 59.9 Å². The lowest BCUT2D eigenvalue weighted by molar-refractivity contribution is 0.326. The third kappa shape index (κ3) is 3.02. The number of H-pyrrole nitrogens is 1. The molecule has 4 nitrogen and oxygen atoms in total. The normalized spacial score (nSPS) is 18.3. The lowest BCUT2D eigenvalue weighted by Gasteiger charge is -2.17. The van der Waals surface area contributed by atoms with Crippen LogP contribution in [0.2, 0.25) is 0 Å². The maximum absolute atomic E-state index is 4.78. The van der Waals surface area contributed by atoms with Crippen LogP contribution in [0.3, 0.4) is 0 Å². The fourth-order valence-corrected chi connectivity index (χ4v) is 3.52. The fourth-order valence-electron chi connectivity index (χ4n) is 3.52. The van der Waals surface area contributed by atoms with Crippen LogP contribution < -0.4 is 4.90 Å². The number of rotatable bonds is 4. The van der Waals surface area contributed by atoms with Crippen LogP contribution >= 0.6 is 0 Å². The predicted octanol–water partition coefficient (Wildman–Crippen LogP) is 3.62. The molecule has 0 radical (unpaired) electrons. The maximum Gasteiger partial charge on any atom is 0.111 e. The molecule has 1 saturated heterocycles. The molecule has 0 spiro atoms. The second-order valence-corrected chi connectivity index (χ2v) is 6.92. The number of likely N-dealkylation sites (tertiary alicyclic amines) is 1. The van der Waals surface area contributed by atoms with E-state index in [0.29, 0.717) is 5.92 Å². The van der Waals surface area contributed by atoms with Gasteiger partial charge in [0.25, 0.3) is 0 Å². The molecule has 2 aromatic carbocycles. The smallest absolute Gasteiger partial charge is 0.111 e. The van der Waals surface area contributed by atoms with Crippen molar-refractivity contribution in [2.45, 2.75) is 18.9 Å². The van der Waals surface area contributed by atoms with Gasteiger partial charge in [-0.25, -0.2) is 4.98 Å². The van der Waals surface area contributed by atoms with Crippen molar-refractivity contribution in [3.8, 4) is 0 Å². The molecule has 1 atom stereocenters. The topological polar surface area (TPSA) is 35.2 Å². The van der Waals surface area contributed by atoms with E-state index >= 15 is 0 Å². The highest BCUT2D eigenvalue weighted by atomic mass is 15.2. The molecule has 0 bridgehead atoms. The van der Waals surface area contributed by atoms with Gasteiger partial charge in [0.15, 0.2) is 0 Å². The van der Waals surface area contributed by atoms with Gasteiger partial charge in [0.05, 0.1) is 11.0 Å². The van der Waals surface area contributed by atoms with Gasteiger partial charge in [0, 0.05) is 38.8 Å². The first-order valence-electron chi connectivity index (χ1n) is 8.62. The summed E-state index contributed by atoms with van der Waals surface area (Å²) in [7, 11) is 4.15. The predicted molar refractivity (Wildman–Crippen MR) is 99.5 cm³/mol. The summed E-state index contributed by atoms with van der Waals surface area (Å²) < 4.78 is 0. The summed E-state index contributed by atoms with van der Waals surface area (Å²) >= 11 is 0. The summed E-state index contributed by atoms with van der Waals surface area (Å²) in [6, 6.07) is 17.2. The number of nitrogens with zero attached hydrogens (tertiary/aromatic N) is 3. The number of imidazole rings is 1. The highest BCUT2D eigenvalue weighted by Crippen LogP contribution is 2.28. The van der Waals surface area contributed by atoms with Crippen molar-refractivity contribution >= 4 is 16.7 Å². The van der Waals surface area contributed by atoms with Crippen molar-refractivity contribution in [1.29, 1.82) is 0 Å². The molecule has 1 unspecified atom stereocenters. The molecule has 1 aliphatic heterocycles. The minimum absolute atomic E-state index is 0.512. The SMILES string of the molecule is CN(C)c1ccc(CN2CCC(c3nc4ccccc4[nH]3)C2)cc1. The summed E-state index contributed by atoms with van der Waals surface area (Å²) in [6.45, 7) is 3.23. The van der Waals surface area contributed by atoms with Gasteiger partial charge in [0.2, 0.25) is 0 Å².